The summed E-state index contributed by atoms with van der Waals surface area (Å²) in [6.45, 7) is 0.731. The number of anilines is 1. The van der Waals surface area contributed by atoms with Crippen molar-refractivity contribution in [1.29, 1.82) is 0 Å². The van der Waals surface area contributed by atoms with Crippen LogP contribution in [0.2, 0.25) is 0 Å². The lowest BCUT2D eigenvalue weighted by atomic mass is 10.1. The van der Waals surface area contributed by atoms with Crippen molar-refractivity contribution in [3.05, 3.63) is 24.0 Å². The van der Waals surface area contributed by atoms with Crippen LogP contribution in [-0.4, -0.2) is 29.6 Å². The molecule has 1 amide bonds. The molecule has 2 fully saturated rings. The maximum Gasteiger partial charge on any atom is 0.255 e. The fourth-order valence-electron chi connectivity index (χ4n) is 2.50. The smallest absolute Gasteiger partial charge is 0.255 e. The van der Waals surface area contributed by atoms with Crippen LogP contribution in [0.5, 0.6) is 0 Å². The third-order valence-electron chi connectivity index (χ3n) is 3.64. The number of hydrogen-bond donors (Lipinski definition) is 2. The molecule has 2 atom stereocenters. The lowest BCUT2D eigenvalue weighted by Crippen LogP contribution is -2.41. The number of nitrogens with zero attached hydrogens (tertiary/aromatic N) is 1. The highest BCUT2D eigenvalue weighted by Gasteiger charge is 2.41. The summed E-state index contributed by atoms with van der Waals surface area (Å²) >= 11 is 0. The van der Waals surface area contributed by atoms with Crippen LogP contribution in [0.25, 0.3) is 0 Å². The molecule has 1 aliphatic carbocycles. The Hall–Kier alpha value is -1.62. The van der Waals surface area contributed by atoms with Crippen LogP contribution in [0, 0.1) is 5.92 Å². The average Bonchev–Trinajstić information content (AvgIpc) is 3.11. The molecule has 2 aliphatic rings. The van der Waals surface area contributed by atoms with Crippen LogP contribution in [0.3, 0.4) is 0 Å². The fourth-order valence-corrected chi connectivity index (χ4v) is 2.50. The quantitative estimate of drug-likeness (QED) is 0.834. The Morgan fingerprint density at radius 1 is 1.44 bits per heavy atom. The number of nitrogens with two attached hydrogens (primary N) is 1. The molecule has 0 bridgehead atoms. The van der Waals surface area contributed by atoms with Crippen molar-refractivity contribution < 1.29 is 9.53 Å². The molecule has 1 aromatic rings. The third-order valence-corrected chi connectivity index (χ3v) is 3.64. The molecule has 5 nitrogen and oxygen atoms in total. The van der Waals surface area contributed by atoms with Gasteiger partial charge in [0.25, 0.3) is 5.91 Å². The predicted octanol–water partition coefficient (Wildman–Crippen LogP) is 0.961. The van der Waals surface area contributed by atoms with Gasteiger partial charge >= 0.3 is 0 Å². The molecule has 3 rings (SSSR count). The van der Waals surface area contributed by atoms with Crippen LogP contribution in [0.15, 0.2) is 18.5 Å². The number of pyridine rings is 1. The van der Waals surface area contributed by atoms with Crippen molar-refractivity contribution in [3.8, 4) is 0 Å². The van der Waals surface area contributed by atoms with Crippen molar-refractivity contribution in [1.82, 2.24) is 10.3 Å². The Morgan fingerprint density at radius 3 is 3.00 bits per heavy atom. The van der Waals surface area contributed by atoms with Crippen molar-refractivity contribution in [3.63, 3.8) is 0 Å². The Labute approximate surface area is 106 Å². The molecule has 3 N–H and O–H groups in total. The first-order chi connectivity index (χ1) is 8.75. The number of rotatable bonds is 3. The number of carbonyl (C=O) groups excluding carboxylic acids is 1. The highest BCUT2D eigenvalue weighted by molar-refractivity contribution is 5.98. The van der Waals surface area contributed by atoms with Gasteiger partial charge in [-0.1, -0.05) is 0 Å². The first-order valence-electron chi connectivity index (χ1n) is 6.37. The number of amides is 1. The lowest BCUT2D eigenvalue weighted by molar-refractivity contribution is 0.0730. The van der Waals surface area contributed by atoms with Crippen LogP contribution in [0.1, 0.15) is 29.6 Å². The SMILES string of the molecule is Nc1ccncc1C(=O)NC1CCOC1C1CC1. The highest BCUT2D eigenvalue weighted by Crippen LogP contribution is 2.38. The molecule has 96 valence electrons. The van der Waals surface area contributed by atoms with E-state index in [4.69, 9.17) is 10.5 Å². The molecule has 5 heteroatoms. The molecule has 0 spiro atoms. The second-order valence-electron chi connectivity index (χ2n) is 5.00. The molecule has 1 saturated carbocycles. The molecule has 1 saturated heterocycles. The van der Waals surface area contributed by atoms with Crippen LogP contribution < -0.4 is 11.1 Å². The number of nitrogens with one attached hydrogen (secondary N) is 1. The summed E-state index contributed by atoms with van der Waals surface area (Å²) < 4.78 is 5.69. The molecule has 0 radical (unpaired) electrons. The second kappa shape index (κ2) is 4.57. The van der Waals surface area contributed by atoms with Gasteiger partial charge in [-0.3, -0.25) is 9.78 Å². The fraction of sp³-hybridized carbons (Fsp3) is 0.538. The number of aromatic nitrogens is 1. The summed E-state index contributed by atoms with van der Waals surface area (Å²) in [5.41, 5.74) is 6.68. The van der Waals surface area contributed by atoms with Crippen LogP contribution >= 0.6 is 0 Å². The summed E-state index contributed by atoms with van der Waals surface area (Å²) in [5, 5.41) is 3.02. The zero-order chi connectivity index (χ0) is 12.5. The standard InChI is InChI=1S/C13H17N3O2/c14-10-3-5-15-7-9(10)13(17)16-11-4-6-18-12(11)8-1-2-8/h3,5,7-8,11-12H,1-2,4,6H2,(H2,14,15)(H,16,17). The number of ether oxygens (including phenoxy) is 1. The van der Waals surface area contributed by atoms with Crippen LogP contribution in [-0.2, 0) is 4.74 Å². The Bertz CT molecular complexity index is 459. The summed E-state index contributed by atoms with van der Waals surface area (Å²) in [6, 6.07) is 1.75. The van der Waals surface area contributed by atoms with Gasteiger partial charge < -0.3 is 15.8 Å². The first kappa shape index (κ1) is 11.5. The van der Waals surface area contributed by atoms with Crippen molar-refractivity contribution >= 4 is 11.6 Å². The van der Waals surface area contributed by atoms with E-state index < -0.39 is 0 Å². The van der Waals surface area contributed by atoms with E-state index in [1.54, 1.807) is 12.3 Å². The maximum absolute atomic E-state index is 12.1. The second-order valence-corrected chi connectivity index (χ2v) is 5.00. The van der Waals surface area contributed by atoms with E-state index in [9.17, 15) is 4.79 Å². The van der Waals surface area contributed by atoms with E-state index in [-0.39, 0.29) is 18.1 Å². The summed E-state index contributed by atoms with van der Waals surface area (Å²) in [7, 11) is 0. The lowest BCUT2D eigenvalue weighted by Gasteiger charge is -2.19. The molecule has 2 unspecified atom stereocenters. The van der Waals surface area contributed by atoms with Gasteiger partial charge in [0.1, 0.15) is 0 Å². The van der Waals surface area contributed by atoms with Gasteiger partial charge in [0.2, 0.25) is 0 Å². The van der Waals surface area contributed by atoms with E-state index in [0.29, 0.717) is 17.2 Å². The van der Waals surface area contributed by atoms with E-state index in [1.165, 1.54) is 19.0 Å². The highest BCUT2D eigenvalue weighted by atomic mass is 16.5. The van der Waals surface area contributed by atoms with Crippen LogP contribution in [0.4, 0.5) is 5.69 Å². The minimum Gasteiger partial charge on any atom is -0.398 e. The molecule has 18 heavy (non-hydrogen) atoms. The third kappa shape index (κ3) is 2.18. The Kier molecular flexibility index (Phi) is 2.91. The predicted molar refractivity (Wildman–Crippen MR) is 67.0 cm³/mol. The van der Waals surface area contributed by atoms with Gasteiger partial charge in [-0.05, 0) is 31.2 Å². The summed E-state index contributed by atoms with van der Waals surface area (Å²) in [5.74, 6) is 0.478. The minimum atomic E-state index is -0.151. The van der Waals surface area contributed by atoms with Gasteiger partial charge in [-0.25, -0.2) is 0 Å². The monoisotopic (exact) mass is 247 g/mol. The largest absolute Gasteiger partial charge is 0.398 e. The normalized spacial score (nSPS) is 27.1. The topological polar surface area (TPSA) is 77.2 Å². The molecule has 1 aromatic heterocycles. The Balaban J connectivity index is 1.69. The van der Waals surface area contributed by atoms with Crippen molar-refractivity contribution in [2.75, 3.05) is 12.3 Å². The van der Waals surface area contributed by atoms with Gasteiger partial charge in [-0.15, -0.1) is 0 Å². The van der Waals surface area contributed by atoms with E-state index in [1.807, 2.05) is 0 Å². The summed E-state index contributed by atoms with van der Waals surface area (Å²) in [4.78, 5) is 16.1. The van der Waals surface area contributed by atoms with E-state index in [0.717, 1.165) is 13.0 Å². The molecule has 0 aromatic carbocycles. The molecular weight excluding hydrogens is 230 g/mol. The van der Waals surface area contributed by atoms with Gasteiger partial charge in [0, 0.05) is 24.7 Å². The molecule has 2 heterocycles. The average molecular weight is 247 g/mol. The minimum absolute atomic E-state index is 0.115. The first-order valence-corrected chi connectivity index (χ1v) is 6.37. The van der Waals surface area contributed by atoms with Gasteiger partial charge in [0.15, 0.2) is 0 Å². The number of carbonyl (C=O) groups is 1. The van der Waals surface area contributed by atoms with Gasteiger partial charge in [0.05, 0.1) is 17.7 Å². The van der Waals surface area contributed by atoms with Crippen molar-refractivity contribution in [2.24, 2.45) is 5.92 Å². The van der Waals surface area contributed by atoms with Gasteiger partial charge in [-0.2, -0.15) is 0 Å². The number of nitrogen functional groups attached to an aromatic ring is 1. The zero-order valence-electron chi connectivity index (χ0n) is 10.1. The Morgan fingerprint density at radius 2 is 2.28 bits per heavy atom. The zero-order valence-corrected chi connectivity index (χ0v) is 10.1. The number of hydrogen-bond acceptors (Lipinski definition) is 4. The van der Waals surface area contributed by atoms with Crippen molar-refractivity contribution in [2.45, 2.75) is 31.4 Å². The maximum atomic E-state index is 12.1. The summed E-state index contributed by atoms with van der Waals surface area (Å²) in [6.07, 6.45) is 6.59. The molecule has 1 aliphatic heterocycles. The van der Waals surface area contributed by atoms with E-state index >= 15 is 0 Å². The van der Waals surface area contributed by atoms with E-state index in [2.05, 4.69) is 10.3 Å². The molecular formula is C13H17N3O2.